The van der Waals surface area contributed by atoms with Gasteiger partial charge in [-0.3, -0.25) is 4.79 Å². The van der Waals surface area contributed by atoms with Crippen LogP contribution in [0.1, 0.15) is 28.4 Å². The van der Waals surface area contributed by atoms with Gasteiger partial charge in [-0.15, -0.1) is 0 Å². The van der Waals surface area contributed by atoms with Crippen LogP contribution in [0, 0.1) is 0 Å². The number of para-hydroxylation sites is 2. The quantitative estimate of drug-likeness (QED) is 0.727. The molecule has 0 bridgehead atoms. The molecule has 0 unspecified atom stereocenters. The van der Waals surface area contributed by atoms with Gasteiger partial charge in [-0.2, -0.15) is 26.3 Å². The van der Waals surface area contributed by atoms with Gasteiger partial charge in [0.2, 0.25) is 0 Å². The number of rotatable bonds is 4. The molecule has 0 aliphatic rings. The number of benzene rings is 2. The zero-order valence-electron chi connectivity index (χ0n) is 13.3. The lowest BCUT2D eigenvalue weighted by molar-refractivity contribution is -0.143. The first kappa shape index (κ1) is 19.6. The van der Waals surface area contributed by atoms with E-state index in [1.165, 1.54) is 18.2 Å². The van der Waals surface area contributed by atoms with Crippen LogP contribution in [0.4, 0.5) is 32.0 Å². The third kappa shape index (κ3) is 4.68. The fourth-order valence-corrected chi connectivity index (χ4v) is 2.13. The van der Waals surface area contributed by atoms with Gasteiger partial charge in [0.15, 0.2) is 0 Å². The summed E-state index contributed by atoms with van der Waals surface area (Å²) in [6.45, 7) is 1.94. The monoisotopic (exact) mass is 377 g/mol. The van der Waals surface area contributed by atoms with Gasteiger partial charge in [-0.1, -0.05) is 12.1 Å². The van der Waals surface area contributed by atoms with Crippen molar-refractivity contribution < 1.29 is 35.9 Å². The minimum Gasteiger partial charge on any atom is -0.492 e. The van der Waals surface area contributed by atoms with Gasteiger partial charge in [0, 0.05) is 5.56 Å². The highest BCUT2D eigenvalue weighted by atomic mass is 19.4. The molecule has 1 N–H and O–H groups in total. The van der Waals surface area contributed by atoms with Crippen molar-refractivity contribution in [1.82, 2.24) is 0 Å². The van der Waals surface area contributed by atoms with E-state index >= 15 is 0 Å². The smallest absolute Gasteiger partial charge is 0.416 e. The predicted molar refractivity (Wildman–Crippen MR) is 82.0 cm³/mol. The predicted octanol–water partition coefficient (Wildman–Crippen LogP) is 5.38. The van der Waals surface area contributed by atoms with E-state index in [1.807, 2.05) is 0 Å². The molecule has 3 nitrogen and oxygen atoms in total. The van der Waals surface area contributed by atoms with E-state index in [0.29, 0.717) is 12.1 Å². The molecule has 0 spiro atoms. The zero-order chi connectivity index (χ0) is 19.5. The molecule has 0 heterocycles. The summed E-state index contributed by atoms with van der Waals surface area (Å²) in [6.07, 6.45) is -10.1. The molecular formula is C17H13F6NO2. The third-order valence-corrected chi connectivity index (χ3v) is 3.28. The number of alkyl halides is 6. The Labute approximate surface area is 144 Å². The van der Waals surface area contributed by atoms with Crippen molar-refractivity contribution in [1.29, 1.82) is 0 Å². The first-order valence-electron chi connectivity index (χ1n) is 7.35. The molecule has 0 aliphatic carbocycles. The number of anilines is 1. The van der Waals surface area contributed by atoms with E-state index in [-0.39, 0.29) is 24.1 Å². The van der Waals surface area contributed by atoms with E-state index in [2.05, 4.69) is 5.32 Å². The molecule has 2 rings (SSSR count). The van der Waals surface area contributed by atoms with Gasteiger partial charge in [0.1, 0.15) is 5.75 Å². The maximum absolute atomic E-state index is 12.9. The minimum atomic E-state index is -5.03. The second kappa shape index (κ2) is 7.27. The maximum atomic E-state index is 12.9. The molecule has 1 amide bonds. The molecule has 0 saturated heterocycles. The summed E-state index contributed by atoms with van der Waals surface area (Å²) in [5.41, 5.74) is -3.75. The Bertz CT molecular complexity index is 766. The van der Waals surface area contributed by atoms with E-state index in [9.17, 15) is 31.1 Å². The molecule has 2 aromatic rings. The van der Waals surface area contributed by atoms with Gasteiger partial charge < -0.3 is 10.1 Å². The highest BCUT2D eigenvalue weighted by Crippen LogP contribution is 2.36. The van der Waals surface area contributed by atoms with Crippen molar-refractivity contribution in [3.05, 3.63) is 59.2 Å². The Morgan fingerprint density at radius 1 is 0.962 bits per heavy atom. The molecule has 0 aliphatic heterocycles. The molecule has 140 valence electrons. The van der Waals surface area contributed by atoms with Crippen molar-refractivity contribution in [2.75, 3.05) is 11.9 Å². The Balaban J connectivity index is 2.43. The van der Waals surface area contributed by atoms with Crippen LogP contribution in [-0.4, -0.2) is 12.5 Å². The highest BCUT2D eigenvalue weighted by Gasteiger charge is 2.37. The molecule has 26 heavy (non-hydrogen) atoms. The Morgan fingerprint density at radius 2 is 1.50 bits per heavy atom. The molecule has 9 heteroatoms. The number of amides is 1. The lowest BCUT2D eigenvalue weighted by atomic mass is 10.0. The van der Waals surface area contributed by atoms with E-state index in [1.54, 1.807) is 13.0 Å². The molecule has 0 aromatic heterocycles. The Kier molecular flexibility index (Phi) is 5.48. The number of ether oxygens (including phenoxy) is 1. The molecule has 0 fully saturated rings. The Hall–Kier alpha value is -2.71. The Morgan fingerprint density at radius 3 is 2.00 bits per heavy atom. The molecule has 0 radical (unpaired) electrons. The van der Waals surface area contributed by atoms with Crippen molar-refractivity contribution >= 4 is 11.6 Å². The normalized spacial score (nSPS) is 12.0. The van der Waals surface area contributed by atoms with E-state index in [4.69, 9.17) is 4.74 Å². The first-order chi connectivity index (χ1) is 12.0. The number of hydrogen-bond acceptors (Lipinski definition) is 2. The summed E-state index contributed by atoms with van der Waals surface area (Å²) in [4.78, 5) is 12.2. The maximum Gasteiger partial charge on any atom is 0.416 e. The van der Waals surface area contributed by atoms with Crippen LogP contribution in [0.5, 0.6) is 5.75 Å². The van der Waals surface area contributed by atoms with Crippen LogP contribution < -0.4 is 10.1 Å². The fraction of sp³-hybridized carbons (Fsp3) is 0.235. The van der Waals surface area contributed by atoms with E-state index < -0.39 is 35.0 Å². The van der Waals surface area contributed by atoms with Crippen LogP contribution in [-0.2, 0) is 12.4 Å². The average molecular weight is 377 g/mol. The van der Waals surface area contributed by atoms with E-state index in [0.717, 1.165) is 0 Å². The van der Waals surface area contributed by atoms with Crippen molar-refractivity contribution in [2.45, 2.75) is 19.3 Å². The molecular weight excluding hydrogens is 364 g/mol. The number of nitrogens with one attached hydrogen (secondary N) is 1. The van der Waals surface area contributed by atoms with Crippen molar-refractivity contribution in [2.24, 2.45) is 0 Å². The summed E-state index contributed by atoms with van der Waals surface area (Å²) in [5, 5.41) is 2.27. The lowest BCUT2D eigenvalue weighted by Crippen LogP contribution is -2.17. The van der Waals surface area contributed by atoms with Crippen molar-refractivity contribution in [3.8, 4) is 5.75 Å². The van der Waals surface area contributed by atoms with Gasteiger partial charge in [-0.25, -0.2) is 0 Å². The molecule has 0 atom stereocenters. The largest absolute Gasteiger partial charge is 0.492 e. The molecule has 0 saturated carbocycles. The van der Waals surface area contributed by atoms with Crippen molar-refractivity contribution in [3.63, 3.8) is 0 Å². The summed E-state index contributed by atoms with van der Waals surface area (Å²) >= 11 is 0. The number of hydrogen-bond donors (Lipinski definition) is 1. The van der Waals surface area contributed by atoms with Crippen LogP contribution >= 0.6 is 0 Å². The second-order valence-corrected chi connectivity index (χ2v) is 5.18. The topological polar surface area (TPSA) is 38.3 Å². The van der Waals surface area contributed by atoms with Crippen LogP contribution in [0.2, 0.25) is 0 Å². The van der Waals surface area contributed by atoms with Crippen LogP contribution in [0.15, 0.2) is 42.5 Å². The summed E-state index contributed by atoms with van der Waals surface area (Å²) in [7, 11) is 0. The average Bonchev–Trinajstić information content (AvgIpc) is 2.55. The SMILES string of the molecule is CCOc1ccccc1NC(=O)c1cc(C(F)(F)F)cc(C(F)(F)F)c1. The first-order valence-corrected chi connectivity index (χ1v) is 7.35. The highest BCUT2D eigenvalue weighted by molar-refractivity contribution is 6.05. The van der Waals surface area contributed by atoms with Crippen LogP contribution in [0.25, 0.3) is 0 Å². The lowest BCUT2D eigenvalue weighted by Gasteiger charge is -2.15. The van der Waals surface area contributed by atoms with Gasteiger partial charge in [0.05, 0.1) is 23.4 Å². The summed E-state index contributed by atoms with van der Waals surface area (Å²) in [6, 6.07) is 6.76. The number of carbonyl (C=O) groups excluding carboxylic acids is 1. The zero-order valence-corrected chi connectivity index (χ0v) is 13.3. The van der Waals surface area contributed by atoms with Gasteiger partial charge >= 0.3 is 12.4 Å². The summed E-state index contributed by atoms with van der Waals surface area (Å²) in [5.74, 6) is -0.875. The molecule has 2 aromatic carbocycles. The number of carbonyl (C=O) groups is 1. The standard InChI is InChI=1S/C17H13F6NO2/c1-2-26-14-6-4-3-5-13(14)24-15(25)10-7-11(16(18,19)20)9-12(8-10)17(21,22)23/h3-9H,2H2,1H3,(H,24,25). The van der Waals surface area contributed by atoms with Gasteiger partial charge in [-0.05, 0) is 37.3 Å². The van der Waals surface area contributed by atoms with Gasteiger partial charge in [0.25, 0.3) is 5.91 Å². The van der Waals surface area contributed by atoms with Crippen LogP contribution in [0.3, 0.4) is 0 Å². The minimum absolute atomic E-state index is 0.0368. The fourth-order valence-electron chi connectivity index (χ4n) is 2.13. The summed E-state index contributed by atoms with van der Waals surface area (Å²) < 4.78 is 82.5. The number of halogens is 6. The third-order valence-electron chi connectivity index (χ3n) is 3.28. The second-order valence-electron chi connectivity index (χ2n) is 5.18.